The van der Waals surface area contributed by atoms with Crippen molar-refractivity contribution in [3.8, 4) is 11.8 Å². The average Bonchev–Trinajstić information content (AvgIpc) is 2.95. The van der Waals surface area contributed by atoms with E-state index in [1.807, 2.05) is 19.1 Å². The Bertz CT molecular complexity index is 783. The summed E-state index contributed by atoms with van der Waals surface area (Å²) in [6, 6.07) is 8.11. The van der Waals surface area contributed by atoms with Gasteiger partial charge in [0.25, 0.3) is 0 Å². The highest BCUT2D eigenvalue weighted by Crippen LogP contribution is 2.14. The summed E-state index contributed by atoms with van der Waals surface area (Å²) in [7, 11) is 0. The van der Waals surface area contributed by atoms with Gasteiger partial charge in [-0.3, -0.25) is 4.90 Å². The van der Waals surface area contributed by atoms with E-state index in [-0.39, 0.29) is 6.09 Å². The van der Waals surface area contributed by atoms with E-state index in [2.05, 4.69) is 40.4 Å². The molecular formula is C18H19N3O2. The van der Waals surface area contributed by atoms with Crippen molar-refractivity contribution in [2.24, 2.45) is 0 Å². The van der Waals surface area contributed by atoms with Crippen LogP contribution in [0.4, 0.5) is 4.79 Å². The van der Waals surface area contributed by atoms with Crippen LogP contribution in [0.2, 0.25) is 0 Å². The van der Waals surface area contributed by atoms with Crippen molar-refractivity contribution in [2.45, 2.75) is 26.9 Å². The first-order chi connectivity index (χ1) is 11.2. The Kier molecular flexibility index (Phi) is 4.33. The lowest BCUT2D eigenvalue weighted by Gasteiger charge is -2.27. The number of carbonyl (C=O) groups is 1. The molecule has 0 N–H and O–H groups in total. The molecule has 0 atom stereocenters. The monoisotopic (exact) mass is 309 g/mol. The SMILES string of the molecule is CCOC(=O)N1CCn2c(C#Cc3cccc(C)c3)cnc2C1. The minimum Gasteiger partial charge on any atom is -0.450 e. The van der Waals surface area contributed by atoms with E-state index in [1.54, 1.807) is 11.1 Å². The molecule has 0 bridgehead atoms. The summed E-state index contributed by atoms with van der Waals surface area (Å²) in [5, 5.41) is 0. The zero-order valence-electron chi connectivity index (χ0n) is 13.4. The normalized spacial score (nSPS) is 13.0. The highest BCUT2D eigenvalue weighted by Gasteiger charge is 2.23. The summed E-state index contributed by atoms with van der Waals surface area (Å²) in [6.45, 7) is 6.01. The number of amides is 1. The third-order valence-corrected chi connectivity index (χ3v) is 3.74. The predicted molar refractivity (Wildman–Crippen MR) is 86.8 cm³/mol. The summed E-state index contributed by atoms with van der Waals surface area (Å²) in [6.07, 6.45) is 1.49. The average molecular weight is 309 g/mol. The fourth-order valence-electron chi connectivity index (χ4n) is 2.59. The Hall–Kier alpha value is -2.74. The lowest BCUT2D eigenvalue weighted by Crippen LogP contribution is -2.39. The Balaban J connectivity index is 1.78. The lowest BCUT2D eigenvalue weighted by molar-refractivity contribution is 0.0962. The van der Waals surface area contributed by atoms with Crippen LogP contribution in [0.3, 0.4) is 0 Å². The van der Waals surface area contributed by atoms with Gasteiger partial charge in [0.1, 0.15) is 11.5 Å². The van der Waals surface area contributed by atoms with E-state index in [0.29, 0.717) is 26.2 Å². The van der Waals surface area contributed by atoms with Crippen molar-refractivity contribution in [1.29, 1.82) is 0 Å². The number of carbonyl (C=O) groups excluding carboxylic acids is 1. The summed E-state index contributed by atoms with van der Waals surface area (Å²) in [5.41, 5.74) is 3.06. The van der Waals surface area contributed by atoms with Gasteiger partial charge in [-0.15, -0.1) is 0 Å². The van der Waals surface area contributed by atoms with Gasteiger partial charge < -0.3 is 9.30 Å². The number of aromatic nitrogens is 2. The minimum absolute atomic E-state index is 0.283. The van der Waals surface area contributed by atoms with Gasteiger partial charge in [-0.2, -0.15) is 0 Å². The second-order valence-corrected chi connectivity index (χ2v) is 5.45. The highest BCUT2D eigenvalue weighted by atomic mass is 16.6. The molecule has 0 radical (unpaired) electrons. The molecule has 3 rings (SSSR count). The van der Waals surface area contributed by atoms with Crippen LogP contribution in [0.25, 0.3) is 0 Å². The van der Waals surface area contributed by atoms with Gasteiger partial charge in [0.05, 0.1) is 19.3 Å². The van der Waals surface area contributed by atoms with Crippen LogP contribution in [0.5, 0.6) is 0 Å². The van der Waals surface area contributed by atoms with E-state index < -0.39 is 0 Å². The Morgan fingerprint density at radius 2 is 2.22 bits per heavy atom. The Morgan fingerprint density at radius 1 is 1.35 bits per heavy atom. The molecule has 0 fully saturated rings. The molecule has 5 heteroatoms. The van der Waals surface area contributed by atoms with Gasteiger partial charge >= 0.3 is 6.09 Å². The predicted octanol–water partition coefficient (Wildman–Crippen LogP) is 2.56. The molecular weight excluding hydrogens is 290 g/mol. The quantitative estimate of drug-likeness (QED) is 0.761. The fraction of sp³-hybridized carbons (Fsp3) is 0.333. The number of rotatable bonds is 1. The van der Waals surface area contributed by atoms with E-state index in [4.69, 9.17) is 4.74 Å². The van der Waals surface area contributed by atoms with Crippen molar-refractivity contribution < 1.29 is 9.53 Å². The second-order valence-electron chi connectivity index (χ2n) is 5.45. The summed E-state index contributed by atoms with van der Waals surface area (Å²) in [5.74, 6) is 7.20. The van der Waals surface area contributed by atoms with E-state index in [0.717, 1.165) is 17.1 Å². The lowest BCUT2D eigenvalue weighted by atomic mass is 10.1. The van der Waals surface area contributed by atoms with Crippen molar-refractivity contribution in [1.82, 2.24) is 14.5 Å². The highest BCUT2D eigenvalue weighted by molar-refractivity contribution is 5.67. The van der Waals surface area contributed by atoms with Crippen molar-refractivity contribution in [3.05, 3.63) is 53.1 Å². The van der Waals surface area contributed by atoms with Crippen molar-refractivity contribution >= 4 is 6.09 Å². The van der Waals surface area contributed by atoms with Crippen LogP contribution in [0.1, 0.15) is 29.6 Å². The maximum Gasteiger partial charge on any atom is 0.410 e. The molecule has 1 aromatic carbocycles. The number of hydrogen-bond donors (Lipinski definition) is 0. The van der Waals surface area contributed by atoms with Gasteiger partial charge in [-0.05, 0) is 37.5 Å². The number of hydrogen-bond acceptors (Lipinski definition) is 3. The molecule has 0 unspecified atom stereocenters. The number of nitrogens with zero attached hydrogens (tertiary/aromatic N) is 3. The standard InChI is InChI=1S/C18H19N3O2/c1-3-23-18(22)20-9-10-21-16(12-19-17(21)13-20)8-7-15-6-4-5-14(2)11-15/h4-6,11-12H,3,9-10,13H2,1-2H3. The molecule has 1 aromatic heterocycles. The van der Waals surface area contributed by atoms with Gasteiger partial charge in [0.15, 0.2) is 0 Å². The zero-order valence-corrected chi connectivity index (χ0v) is 13.4. The third kappa shape index (κ3) is 3.37. The van der Waals surface area contributed by atoms with Crippen molar-refractivity contribution in [2.75, 3.05) is 13.2 Å². The smallest absolute Gasteiger partial charge is 0.410 e. The second kappa shape index (κ2) is 6.57. The third-order valence-electron chi connectivity index (χ3n) is 3.74. The Labute approximate surface area is 135 Å². The number of ether oxygens (including phenoxy) is 1. The maximum absolute atomic E-state index is 11.8. The molecule has 1 aliphatic rings. The number of imidazole rings is 1. The van der Waals surface area contributed by atoms with Crippen LogP contribution in [-0.4, -0.2) is 33.7 Å². The van der Waals surface area contributed by atoms with Crippen LogP contribution >= 0.6 is 0 Å². The van der Waals surface area contributed by atoms with Crippen LogP contribution in [0.15, 0.2) is 30.5 Å². The molecule has 118 valence electrons. The largest absolute Gasteiger partial charge is 0.450 e. The molecule has 5 nitrogen and oxygen atoms in total. The van der Waals surface area contributed by atoms with Gasteiger partial charge in [-0.1, -0.05) is 18.1 Å². The minimum atomic E-state index is -0.283. The molecule has 0 saturated heterocycles. The van der Waals surface area contributed by atoms with Gasteiger partial charge in [0, 0.05) is 18.7 Å². The summed E-state index contributed by atoms with van der Waals surface area (Å²) in [4.78, 5) is 17.9. The van der Waals surface area contributed by atoms with Crippen LogP contribution in [0, 0.1) is 18.8 Å². The number of benzene rings is 1. The first kappa shape index (κ1) is 15.2. The van der Waals surface area contributed by atoms with Gasteiger partial charge in [0.2, 0.25) is 0 Å². The molecule has 23 heavy (non-hydrogen) atoms. The van der Waals surface area contributed by atoms with Crippen LogP contribution in [-0.2, 0) is 17.8 Å². The Morgan fingerprint density at radius 3 is 3.00 bits per heavy atom. The number of fused-ring (bicyclic) bond motifs is 1. The summed E-state index contributed by atoms with van der Waals surface area (Å²) >= 11 is 0. The molecule has 1 aliphatic heterocycles. The number of aryl methyl sites for hydroxylation is 1. The van der Waals surface area contributed by atoms with E-state index in [1.165, 1.54) is 5.56 Å². The zero-order chi connectivity index (χ0) is 16.2. The van der Waals surface area contributed by atoms with Gasteiger partial charge in [-0.25, -0.2) is 9.78 Å². The molecule has 1 amide bonds. The van der Waals surface area contributed by atoms with E-state index >= 15 is 0 Å². The molecule has 0 spiro atoms. The first-order valence-corrected chi connectivity index (χ1v) is 7.72. The van der Waals surface area contributed by atoms with Crippen LogP contribution < -0.4 is 0 Å². The molecule has 2 aromatic rings. The van der Waals surface area contributed by atoms with E-state index in [9.17, 15) is 4.79 Å². The maximum atomic E-state index is 11.8. The fourth-order valence-corrected chi connectivity index (χ4v) is 2.59. The topological polar surface area (TPSA) is 47.4 Å². The molecule has 0 aliphatic carbocycles. The molecule has 2 heterocycles. The first-order valence-electron chi connectivity index (χ1n) is 7.72. The summed E-state index contributed by atoms with van der Waals surface area (Å²) < 4.78 is 7.11. The van der Waals surface area contributed by atoms with Crippen molar-refractivity contribution in [3.63, 3.8) is 0 Å². The molecule has 0 saturated carbocycles.